The van der Waals surface area contributed by atoms with Gasteiger partial charge in [-0.2, -0.15) is 4.31 Å². The highest BCUT2D eigenvalue weighted by atomic mass is 32.2. The number of benzene rings is 2. The number of carbonyl (C=O) groups is 1. The molecule has 0 unspecified atom stereocenters. The summed E-state index contributed by atoms with van der Waals surface area (Å²) in [5, 5.41) is 3.04. The van der Waals surface area contributed by atoms with Gasteiger partial charge >= 0.3 is 0 Å². The van der Waals surface area contributed by atoms with Crippen LogP contribution in [0.2, 0.25) is 0 Å². The Labute approximate surface area is 180 Å². The van der Waals surface area contributed by atoms with Crippen LogP contribution in [0.1, 0.15) is 47.6 Å². The van der Waals surface area contributed by atoms with Crippen LogP contribution in [0.25, 0.3) is 0 Å². The summed E-state index contributed by atoms with van der Waals surface area (Å²) in [4.78, 5) is 13.2. The van der Waals surface area contributed by atoms with Crippen LogP contribution in [0, 0.1) is 33.6 Å². The molecule has 1 aliphatic heterocycles. The maximum Gasteiger partial charge on any atom is 0.243 e. The van der Waals surface area contributed by atoms with Gasteiger partial charge < -0.3 is 5.32 Å². The van der Waals surface area contributed by atoms with Crippen LogP contribution in [-0.4, -0.2) is 31.7 Å². The van der Waals surface area contributed by atoms with Crippen molar-refractivity contribution in [1.29, 1.82) is 0 Å². The zero-order chi connectivity index (χ0) is 22.1. The van der Waals surface area contributed by atoms with Crippen LogP contribution in [0.5, 0.6) is 0 Å². The lowest BCUT2D eigenvalue weighted by Crippen LogP contribution is -2.42. The molecule has 6 heteroatoms. The summed E-state index contributed by atoms with van der Waals surface area (Å²) in [6, 6.07) is 9.85. The molecule has 0 spiro atoms. The number of sulfonamides is 1. The Morgan fingerprint density at radius 2 is 1.60 bits per heavy atom. The van der Waals surface area contributed by atoms with Gasteiger partial charge in [0.15, 0.2) is 0 Å². The fraction of sp³-hybridized carbons (Fsp3) is 0.458. The Bertz CT molecular complexity index is 1030. The molecule has 1 aliphatic rings. The normalized spacial score (nSPS) is 15.9. The molecule has 1 fully saturated rings. The third-order valence-corrected chi connectivity index (χ3v) is 8.55. The van der Waals surface area contributed by atoms with Crippen molar-refractivity contribution in [1.82, 2.24) is 4.31 Å². The Morgan fingerprint density at radius 3 is 2.17 bits per heavy atom. The quantitative estimate of drug-likeness (QED) is 0.761. The smallest absolute Gasteiger partial charge is 0.243 e. The molecule has 162 valence electrons. The van der Waals surface area contributed by atoms with Gasteiger partial charge in [0.25, 0.3) is 0 Å². The number of nitrogens with one attached hydrogen (secondary N) is 1. The lowest BCUT2D eigenvalue weighted by Gasteiger charge is -2.32. The van der Waals surface area contributed by atoms with Gasteiger partial charge in [0.2, 0.25) is 15.9 Å². The van der Waals surface area contributed by atoms with E-state index in [9.17, 15) is 13.2 Å². The minimum atomic E-state index is -3.59. The van der Waals surface area contributed by atoms with Gasteiger partial charge in [-0.25, -0.2) is 8.42 Å². The molecule has 0 saturated carbocycles. The minimum absolute atomic E-state index is 0.0216. The molecule has 0 aromatic heterocycles. The van der Waals surface area contributed by atoms with Crippen LogP contribution < -0.4 is 5.32 Å². The minimum Gasteiger partial charge on any atom is -0.326 e. The number of anilines is 1. The molecule has 30 heavy (non-hydrogen) atoms. The number of nitrogens with zero attached hydrogens (tertiary/aromatic N) is 1. The molecule has 1 heterocycles. The number of piperidine rings is 1. The molecule has 2 aromatic carbocycles. The van der Waals surface area contributed by atoms with Crippen LogP contribution in [-0.2, 0) is 21.2 Å². The number of rotatable bonds is 5. The van der Waals surface area contributed by atoms with Gasteiger partial charge in [0, 0.05) is 24.7 Å². The molecule has 1 saturated heterocycles. The molecule has 1 amide bonds. The first-order valence-electron chi connectivity index (χ1n) is 10.6. The molecule has 3 rings (SSSR count). The fourth-order valence-corrected chi connectivity index (χ4v) is 6.29. The first-order valence-corrected chi connectivity index (χ1v) is 12.1. The molecule has 2 aromatic rings. The number of hydrogen-bond acceptors (Lipinski definition) is 3. The standard InChI is InChI=1S/C24H32N2O3S/c1-6-20-9-7-8-10-22(20)25-24(27)21-11-13-26(14-12-21)30(28,29)23-18(4)16(2)15-17(3)19(23)5/h7-10,15,21H,6,11-14H2,1-5H3,(H,25,27). The zero-order valence-electron chi connectivity index (χ0n) is 18.6. The summed E-state index contributed by atoms with van der Waals surface area (Å²) in [5.41, 5.74) is 5.55. The summed E-state index contributed by atoms with van der Waals surface area (Å²) in [6.07, 6.45) is 1.91. The molecular weight excluding hydrogens is 396 g/mol. The highest BCUT2D eigenvalue weighted by Gasteiger charge is 2.34. The summed E-state index contributed by atoms with van der Waals surface area (Å²) in [5.74, 6) is -0.200. The number of carbonyl (C=O) groups excluding carboxylic acids is 1. The van der Waals surface area contributed by atoms with E-state index in [2.05, 4.69) is 12.2 Å². The lowest BCUT2D eigenvalue weighted by molar-refractivity contribution is -0.120. The third kappa shape index (κ3) is 4.30. The Kier molecular flexibility index (Phi) is 6.68. The molecule has 0 radical (unpaired) electrons. The third-order valence-electron chi connectivity index (χ3n) is 6.38. The molecule has 5 nitrogen and oxygen atoms in total. The Morgan fingerprint density at radius 1 is 1.03 bits per heavy atom. The molecule has 1 N–H and O–H groups in total. The van der Waals surface area contributed by atoms with E-state index in [0.29, 0.717) is 30.8 Å². The maximum absolute atomic E-state index is 13.4. The van der Waals surface area contributed by atoms with Gasteiger partial charge in [0.1, 0.15) is 0 Å². The van der Waals surface area contributed by atoms with Gasteiger partial charge in [-0.05, 0) is 80.8 Å². The van der Waals surface area contributed by atoms with Crippen molar-refractivity contribution in [2.45, 2.75) is 58.8 Å². The van der Waals surface area contributed by atoms with E-state index >= 15 is 0 Å². The molecule has 0 atom stereocenters. The zero-order valence-corrected chi connectivity index (χ0v) is 19.4. The molecule has 0 aliphatic carbocycles. The van der Waals surface area contributed by atoms with Crippen molar-refractivity contribution >= 4 is 21.6 Å². The number of aryl methyl sites for hydroxylation is 3. The summed E-state index contributed by atoms with van der Waals surface area (Å²) >= 11 is 0. The van der Waals surface area contributed by atoms with Gasteiger partial charge in [-0.3, -0.25) is 4.79 Å². The first kappa shape index (κ1) is 22.5. The van der Waals surface area contributed by atoms with E-state index in [1.807, 2.05) is 58.0 Å². The highest BCUT2D eigenvalue weighted by molar-refractivity contribution is 7.89. The molecule has 0 bridgehead atoms. The highest BCUT2D eigenvalue weighted by Crippen LogP contribution is 2.31. The van der Waals surface area contributed by atoms with Crippen LogP contribution in [0.4, 0.5) is 5.69 Å². The second-order valence-electron chi connectivity index (χ2n) is 8.27. The fourth-order valence-electron chi connectivity index (χ4n) is 4.24. The van der Waals surface area contributed by atoms with E-state index in [0.717, 1.165) is 39.9 Å². The second-order valence-corrected chi connectivity index (χ2v) is 10.1. The van der Waals surface area contributed by atoms with Crippen molar-refractivity contribution in [3.05, 3.63) is 58.1 Å². The summed E-state index contributed by atoms with van der Waals surface area (Å²) < 4.78 is 28.4. The first-order chi connectivity index (χ1) is 14.2. The molecular formula is C24H32N2O3S. The number of amides is 1. The largest absolute Gasteiger partial charge is 0.326 e. The lowest BCUT2D eigenvalue weighted by atomic mass is 9.97. The summed E-state index contributed by atoms with van der Waals surface area (Å²) in [7, 11) is -3.59. The number of para-hydroxylation sites is 1. The van der Waals surface area contributed by atoms with Crippen molar-refractivity contribution in [3.63, 3.8) is 0 Å². The average molecular weight is 429 g/mol. The second kappa shape index (κ2) is 8.90. The predicted molar refractivity (Wildman–Crippen MR) is 121 cm³/mol. The number of hydrogen-bond donors (Lipinski definition) is 1. The SMILES string of the molecule is CCc1ccccc1NC(=O)C1CCN(S(=O)(=O)c2c(C)c(C)cc(C)c2C)CC1. The van der Waals surface area contributed by atoms with Crippen LogP contribution in [0.15, 0.2) is 35.2 Å². The Hall–Kier alpha value is -2.18. The van der Waals surface area contributed by atoms with Crippen LogP contribution >= 0.6 is 0 Å². The van der Waals surface area contributed by atoms with Gasteiger partial charge in [-0.1, -0.05) is 31.2 Å². The van der Waals surface area contributed by atoms with Crippen molar-refractivity contribution < 1.29 is 13.2 Å². The van der Waals surface area contributed by atoms with Gasteiger partial charge in [-0.15, -0.1) is 0 Å². The summed E-state index contributed by atoms with van der Waals surface area (Å²) in [6.45, 7) is 10.4. The van der Waals surface area contributed by atoms with E-state index in [1.54, 1.807) is 4.31 Å². The van der Waals surface area contributed by atoms with Crippen molar-refractivity contribution in [2.75, 3.05) is 18.4 Å². The van der Waals surface area contributed by atoms with E-state index < -0.39 is 10.0 Å². The van der Waals surface area contributed by atoms with Crippen molar-refractivity contribution in [3.8, 4) is 0 Å². The van der Waals surface area contributed by atoms with Crippen LogP contribution in [0.3, 0.4) is 0 Å². The van der Waals surface area contributed by atoms with E-state index in [4.69, 9.17) is 0 Å². The monoisotopic (exact) mass is 428 g/mol. The van der Waals surface area contributed by atoms with E-state index in [-0.39, 0.29) is 11.8 Å². The Balaban J connectivity index is 1.73. The average Bonchev–Trinajstić information content (AvgIpc) is 2.73. The van der Waals surface area contributed by atoms with E-state index in [1.165, 1.54) is 0 Å². The maximum atomic E-state index is 13.4. The topological polar surface area (TPSA) is 66.5 Å². The predicted octanol–water partition coefficient (Wildman–Crippen LogP) is 4.52. The van der Waals surface area contributed by atoms with Gasteiger partial charge in [0.05, 0.1) is 4.90 Å². The van der Waals surface area contributed by atoms with Crippen molar-refractivity contribution in [2.24, 2.45) is 5.92 Å².